The number of sulfonamides is 1. The number of anilines is 1. The Morgan fingerprint density at radius 1 is 1.20 bits per heavy atom. The van der Waals surface area contributed by atoms with Gasteiger partial charge in [-0.05, 0) is 61.2 Å². The van der Waals surface area contributed by atoms with E-state index in [2.05, 4.69) is 15.9 Å². The zero-order chi connectivity index (χ0) is 21.5. The van der Waals surface area contributed by atoms with Crippen LogP contribution in [-0.4, -0.2) is 45.4 Å². The van der Waals surface area contributed by atoms with E-state index in [9.17, 15) is 13.2 Å². The van der Waals surface area contributed by atoms with Gasteiger partial charge in [0, 0.05) is 34.8 Å². The number of hydrogen-bond acceptors (Lipinski definition) is 4. The van der Waals surface area contributed by atoms with Crippen molar-refractivity contribution in [2.24, 2.45) is 5.92 Å². The van der Waals surface area contributed by atoms with Gasteiger partial charge in [0.2, 0.25) is 15.9 Å². The van der Waals surface area contributed by atoms with Crippen molar-refractivity contribution in [1.82, 2.24) is 4.31 Å². The summed E-state index contributed by atoms with van der Waals surface area (Å²) in [6, 6.07) is 10.4. The van der Waals surface area contributed by atoms with Gasteiger partial charge in [-0.2, -0.15) is 4.31 Å². The molecule has 2 aromatic carbocycles. The second-order valence-electron chi connectivity index (χ2n) is 7.51. The lowest BCUT2D eigenvalue weighted by molar-refractivity contribution is -0.123. The minimum atomic E-state index is -3.84. The van der Waals surface area contributed by atoms with E-state index in [0.717, 1.165) is 22.1 Å². The second kappa shape index (κ2) is 8.49. The van der Waals surface area contributed by atoms with Gasteiger partial charge in [0.05, 0.1) is 13.0 Å². The van der Waals surface area contributed by atoms with Crippen molar-refractivity contribution in [1.29, 1.82) is 0 Å². The Labute approximate surface area is 189 Å². The van der Waals surface area contributed by atoms with Crippen LogP contribution in [0.4, 0.5) is 5.69 Å². The first-order valence-electron chi connectivity index (χ1n) is 9.75. The largest absolute Gasteiger partial charge is 0.495 e. The summed E-state index contributed by atoms with van der Waals surface area (Å²) in [5.41, 5.74) is 2.04. The van der Waals surface area contributed by atoms with E-state index in [0.29, 0.717) is 31.0 Å². The molecule has 30 heavy (non-hydrogen) atoms. The van der Waals surface area contributed by atoms with E-state index < -0.39 is 10.0 Å². The number of nitrogens with zero attached hydrogens (tertiary/aromatic N) is 2. The summed E-state index contributed by atoms with van der Waals surface area (Å²) < 4.78 is 34.2. The number of piperidine rings is 1. The Balaban J connectivity index is 1.57. The maximum atomic E-state index is 13.3. The highest BCUT2D eigenvalue weighted by atomic mass is 79.9. The average Bonchev–Trinajstić information content (AvgIpc) is 3.16. The van der Waals surface area contributed by atoms with Gasteiger partial charge in [0.1, 0.15) is 10.6 Å². The van der Waals surface area contributed by atoms with E-state index in [4.69, 9.17) is 16.3 Å². The molecule has 4 rings (SSSR count). The van der Waals surface area contributed by atoms with E-state index in [1.54, 1.807) is 17.0 Å². The molecule has 2 heterocycles. The summed E-state index contributed by atoms with van der Waals surface area (Å²) in [5, 5.41) is 0.318. The SMILES string of the molecule is COc1ccc(Cl)cc1S(=O)(=O)N1CCC[C@@H](C(=O)N2CCc3cc(Br)ccc32)C1. The summed E-state index contributed by atoms with van der Waals surface area (Å²) in [6.45, 7) is 1.14. The van der Waals surface area contributed by atoms with Gasteiger partial charge in [-0.25, -0.2) is 8.42 Å². The lowest BCUT2D eigenvalue weighted by Gasteiger charge is -2.33. The number of ether oxygens (including phenoxy) is 1. The standard InChI is InChI=1S/C21H22BrClN2O4S/c1-29-19-7-5-17(23)12-20(19)30(27,28)24-9-2-3-15(13-24)21(26)25-10-8-14-11-16(22)4-6-18(14)25/h4-7,11-12,15H,2-3,8-10,13H2,1H3/t15-/m1/s1. The number of fused-ring (bicyclic) bond motifs is 1. The van der Waals surface area contributed by atoms with Crippen molar-refractivity contribution in [2.45, 2.75) is 24.2 Å². The third-order valence-electron chi connectivity index (χ3n) is 5.68. The van der Waals surface area contributed by atoms with E-state index >= 15 is 0 Å². The molecular formula is C21H22BrClN2O4S. The Hall–Kier alpha value is -1.61. The molecule has 0 aromatic heterocycles. The van der Waals surface area contributed by atoms with Gasteiger partial charge in [-0.1, -0.05) is 27.5 Å². The quantitative estimate of drug-likeness (QED) is 0.617. The average molecular weight is 514 g/mol. The fraction of sp³-hybridized carbons (Fsp3) is 0.381. The molecule has 2 aliphatic rings. The highest BCUT2D eigenvalue weighted by molar-refractivity contribution is 9.10. The zero-order valence-corrected chi connectivity index (χ0v) is 19.6. The predicted molar refractivity (Wildman–Crippen MR) is 120 cm³/mol. The van der Waals surface area contributed by atoms with Crippen LogP contribution in [-0.2, 0) is 21.2 Å². The lowest BCUT2D eigenvalue weighted by Crippen LogP contribution is -2.46. The summed E-state index contributed by atoms with van der Waals surface area (Å²) in [6.07, 6.45) is 2.09. The van der Waals surface area contributed by atoms with Gasteiger partial charge >= 0.3 is 0 Å². The summed E-state index contributed by atoms with van der Waals surface area (Å²) in [7, 11) is -2.41. The van der Waals surface area contributed by atoms with Crippen LogP contribution in [0.3, 0.4) is 0 Å². The molecule has 0 aliphatic carbocycles. The van der Waals surface area contributed by atoms with E-state index in [-0.39, 0.29) is 29.0 Å². The van der Waals surface area contributed by atoms with Crippen molar-refractivity contribution < 1.29 is 17.9 Å². The van der Waals surface area contributed by atoms with Crippen molar-refractivity contribution in [3.05, 3.63) is 51.5 Å². The van der Waals surface area contributed by atoms with Crippen LogP contribution in [0.1, 0.15) is 18.4 Å². The molecule has 0 radical (unpaired) electrons. The third-order valence-corrected chi connectivity index (χ3v) is 8.29. The van der Waals surface area contributed by atoms with Crippen LogP contribution in [0.5, 0.6) is 5.75 Å². The Bertz CT molecular complexity index is 1090. The second-order valence-corrected chi connectivity index (χ2v) is 10.8. The molecule has 160 valence electrons. The number of carbonyl (C=O) groups excluding carboxylic acids is 1. The fourth-order valence-electron chi connectivity index (χ4n) is 4.17. The minimum absolute atomic E-state index is 0.0194. The minimum Gasteiger partial charge on any atom is -0.495 e. The molecule has 1 atom stereocenters. The number of rotatable bonds is 4. The molecule has 0 saturated carbocycles. The lowest BCUT2D eigenvalue weighted by atomic mass is 9.98. The van der Waals surface area contributed by atoms with E-state index in [1.165, 1.54) is 17.5 Å². The fourth-order valence-corrected chi connectivity index (χ4v) is 6.52. The highest BCUT2D eigenvalue weighted by Crippen LogP contribution is 2.35. The first-order chi connectivity index (χ1) is 14.3. The molecule has 2 aliphatic heterocycles. The summed E-state index contributed by atoms with van der Waals surface area (Å²) >= 11 is 9.51. The zero-order valence-electron chi connectivity index (χ0n) is 16.5. The number of methoxy groups -OCH3 is 1. The number of benzene rings is 2. The number of halogens is 2. The molecule has 0 bridgehead atoms. The molecule has 9 heteroatoms. The van der Waals surface area contributed by atoms with Crippen molar-refractivity contribution in [2.75, 3.05) is 31.6 Å². The van der Waals surface area contributed by atoms with Crippen LogP contribution < -0.4 is 9.64 Å². The number of carbonyl (C=O) groups is 1. The van der Waals surface area contributed by atoms with Gasteiger partial charge in [0.25, 0.3) is 0 Å². The number of amides is 1. The molecule has 1 saturated heterocycles. The van der Waals surface area contributed by atoms with Crippen LogP contribution in [0.25, 0.3) is 0 Å². The van der Waals surface area contributed by atoms with Crippen LogP contribution >= 0.6 is 27.5 Å². The summed E-state index contributed by atoms with van der Waals surface area (Å²) in [5.74, 6) is -0.158. The van der Waals surface area contributed by atoms with Crippen LogP contribution in [0.2, 0.25) is 5.02 Å². The first kappa shape index (κ1) is 21.6. The predicted octanol–water partition coefficient (Wildman–Crippen LogP) is 4.10. The van der Waals surface area contributed by atoms with Crippen LogP contribution in [0.15, 0.2) is 45.8 Å². The van der Waals surface area contributed by atoms with Gasteiger partial charge in [-0.3, -0.25) is 4.79 Å². The Kier molecular flexibility index (Phi) is 6.12. The molecule has 0 spiro atoms. The molecular weight excluding hydrogens is 492 g/mol. The van der Waals surface area contributed by atoms with Crippen molar-refractivity contribution in [3.63, 3.8) is 0 Å². The summed E-state index contributed by atoms with van der Waals surface area (Å²) in [4.78, 5) is 15.1. The van der Waals surface area contributed by atoms with E-state index in [1.807, 2.05) is 18.2 Å². The maximum Gasteiger partial charge on any atom is 0.246 e. The monoisotopic (exact) mass is 512 g/mol. The third kappa shape index (κ3) is 3.98. The first-order valence-corrected chi connectivity index (χ1v) is 12.4. The molecule has 1 amide bonds. The maximum absolute atomic E-state index is 13.3. The molecule has 1 fully saturated rings. The van der Waals surface area contributed by atoms with Gasteiger partial charge < -0.3 is 9.64 Å². The molecule has 0 N–H and O–H groups in total. The molecule has 6 nitrogen and oxygen atoms in total. The smallest absolute Gasteiger partial charge is 0.246 e. The van der Waals surface area contributed by atoms with Gasteiger partial charge in [-0.15, -0.1) is 0 Å². The molecule has 0 unspecified atom stereocenters. The normalized spacial score (nSPS) is 19.6. The molecule has 2 aromatic rings. The van der Waals surface area contributed by atoms with Crippen LogP contribution in [0, 0.1) is 5.92 Å². The highest BCUT2D eigenvalue weighted by Gasteiger charge is 2.38. The Morgan fingerprint density at radius 3 is 2.77 bits per heavy atom. The Morgan fingerprint density at radius 2 is 2.00 bits per heavy atom. The number of hydrogen-bond donors (Lipinski definition) is 0. The van der Waals surface area contributed by atoms with Gasteiger partial charge in [0.15, 0.2) is 0 Å². The topological polar surface area (TPSA) is 66.9 Å². The van der Waals surface area contributed by atoms with Crippen molar-refractivity contribution >= 4 is 49.1 Å². The van der Waals surface area contributed by atoms with Crippen molar-refractivity contribution in [3.8, 4) is 5.75 Å².